The van der Waals surface area contributed by atoms with Gasteiger partial charge in [0.2, 0.25) is 5.91 Å². The van der Waals surface area contributed by atoms with Crippen molar-refractivity contribution in [2.24, 2.45) is 0 Å². The van der Waals surface area contributed by atoms with E-state index in [4.69, 9.17) is 4.74 Å². The molecule has 114 valence electrons. The highest BCUT2D eigenvalue weighted by Gasteiger charge is 2.32. The van der Waals surface area contributed by atoms with Crippen LogP contribution < -0.4 is 0 Å². The van der Waals surface area contributed by atoms with Gasteiger partial charge in [-0.25, -0.2) is 0 Å². The average Bonchev–Trinajstić information content (AvgIpc) is 2.91. The number of aryl methyl sites for hydroxylation is 1. The normalized spacial score (nSPS) is 15.1. The van der Waals surface area contributed by atoms with Gasteiger partial charge in [0.05, 0.1) is 18.9 Å². The number of ether oxygens (including phenoxy) is 1. The first-order valence-electron chi connectivity index (χ1n) is 6.61. The van der Waals surface area contributed by atoms with E-state index in [1.807, 2.05) is 18.4 Å². The highest BCUT2D eigenvalue weighted by molar-refractivity contribution is 8.14. The number of aromatic nitrogens is 1. The molecule has 0 aliphatic carbocycles. The van der Waals surface area contributed by atoms with E-state index >= 15 is 0 Å². The Bertz CT molecular complexity index is 578. The second kappa shape index (κ2) is 6.44. The fourth-order valence-corrected chi connectivity index (χ4v) is 3.10. The van der Waals surface area contributed by atoms with Gasteiger partial charge in [0.1, 0.15) is 0 Å². The molecule has 0 saturated carbocycles. The topological polar surface area (TPSA) is 68.6 Å². The minimum absolute atomic E-state index is 0.124. The molecule has 0 radical (unpaired) electrons. The Kier molecular flexibility index (Phi) is 4.84. The van der Waals surface area contributed by atoms with E-state index in [0.717, 1.165) is 28.0 Å². The van der Waals surface area contributed by atoms with Crippen LogP contribution >= 0.6 is 11.8 Å². The van der Waals surface area contributed by atoms with E-state index in [0.29, 0.717) is 18.7 Å². The standard InChI is InChI=1S/C14H18N2O4S/c1-9-6-11(10(2)15(9)4-5-20-3)12(17)7-16-13(18)8-21-14(16)19/h6H,4-5,7-8H2,1-3H3. The fraction of sp³-hybridized carbons (Fsp3) is 0.500. The largest absolute Gasteiger partial charge is 0.383 e. The molecule has 0 unspecified atom stereocenters. The van der Waals surface area contributed by atoms with Crippen molar-refractivity contribution >= 4 is 28.7 Å². The summed E-state index contributed by atoms with van der Waals surface area (Å²) in [5.74, 6) is -0.388. The molecular formula is C14H18N2O4S. The summed E-state index contributed by atoms with van der Waals surface area (Å²) < 4.78 is 7.05. The summed E-state index contributed by atoms with van der Waals surface area (Å²) in [5.41, 5.74) is 2.35. The number of nitrogens with zero attached hydrogens (tertiary/aromatic N) is 2. The monoisotopic (exact) mass is 310 g/mol. The summed E-state index contributed by atoms with van der Waals surface area (Å²) in [5, 5.41) is -0.346. The molecule has 1 saturated heterocycles. The molecule has 0 atom stereocenters. The van der Waals surface area contributed by atoms with Crippen molar-refractivity contribution in [2.45, 2.75) is 20.4 Å². The van der Waals surface area contributed by atoms with E-state index in [1.165, 1.54) is 0 Å². The molecule has 0 aromatic carbocycles. The molecule has 1 aromatic rings. The predicted octanol–water partition coefficient (Wildman–Crippen LogP) is 1.63. The quantitative estimate of drug-likeness (QED) is 0.747. The number of thioether (sulfide) groups is 1. The minimum Gasteiger partial charge on any atom is -0.383 e. The highest BCUT2D eigenvalue weighted by atomic mass is 32.2. The van der Waals surface area contributed by atoms with Crippen molar-refractivity contribution in [1.29, 1.82) is 0 Å². The number of amides is 2. The predicted molar refractivity (Wildman–Crippen MR) is 79.7 cm³/mol. The van der Waals surface area contributed by atoms with E-state index in [-0.39, 0.29) is 29.2 Å². The lowest BCUT2D eigenvalue weighted by atomic mass is 10.1. The molecule has 1 aliphatic heterocycles. The molecule has 21 heavy (non-hydrogen) atoms. The maximum Gasteiger partial charge on any atom is 0.289 e. The maximum absolute atomic E-state index is 12.4. The smallest absolute Gasteiger partial charge is 0.289 e. The van der Waals surface area contributed by atoms with E-state index < -0.39 is 0 Å². The van der Waals surface area contributed by atoms with Crippen molar-refractivity contribution in [2.75, 3.05) is 26.0 Å². The number of methoxy groups -OCH3 is 1. The van der Waals surface area contributed by atoms with Gasteiger partial charge in [0.15, 0.2) is 5.78 Å². The first kappa shape index (κ1) is 15.8. The van der Waals surface area contributed by atoms with Crippen LogP contribution in [0.2, 0.25) is 0 Å². The van der Waals surface area contributed by atoms with Crippen LogP contribution in [0.1, 0.15) is 21.7 Å². The second-order valence-corrected chi connectivity index (χ2v) is 5.81. The molecule has 1 aliphatic rings. The third-order valence-electron chi connectivity index (χ3n) is 3.54. The van der Waals surface area contributed by atoms with Crippen molar-refractivity contribution in [3.8, 4) is 0 Å². The van der Waals surface area contributed by atoms with Crippen LogP contribution in [0.4, 0.5) is 4.79 Å². The summed E-state index contributed by atoms with van der Waals surface area (Å²) in [7, 11) is 1.63. The number of carbonyl (C=O) groups is 3. The lowest BCUT2D eigenvalue weighted by Gasteiger charge is -2.12. The SMILES string of the molecule is COCCn1c(C)cc(C(=O)CN2C(=O)CSC2=O)c1C. The summed E-state index contributed by atoms with van der Waals surface area (Å²) in [6.45, 7) is 4.82. The third kappa shape index (κ3) is 3.19. The van der Waals surface area contributed by atoms with Crippen LogP contribution in [0.15, 0.2) is 6.07 Å². The van der Waals surface area contributed by atoms with Crippen molar-refractivity contribution in [3.63, 3.8) is 0 Å². The zero-order chi connectivity index (χ0) is 15.6. The van der Waals surface area contributed by atoms with Crippen molar-refractivity contribution < 1.29 is 19.1 Å². The van der Waals surface area contributed by atoms with E-state index in [1.54, 1.807) is 13.2 Å². The summed E-state index contributed by atoms with van der Waals surface area (Å²) in [4.78, 5) is 36.5. The van der Waals surface area contributed by atoms with Gasteiger partial charge in [-0.2, -0.15) is 0 Å². The Labute approximate surface area is 127 Å². The minimum atomic E-state index is -0.346. The van der Waals surface area contributed by atoms with Crippen molar-refractivity contribution in [3.05, 3.63) is 23.0 Å². The molecule has 0 spiro atoms. The van der Waals surface area contributed by atoms with Gasteiger partial charge < -0.3 is 9.30 Å². The van der Waals surface area contributed by atoms with Gasteiger partial charge in [-0.3, -0.25) is 19.3 Å². The van der Waals surface area contributed by atoms with Gasteiger partial charge in [-0.1, -0.05) is 11.8 Å². The molecule has 1 aromatic heterocycles. The number of hydrogen-bond acceptors (Lipinski definition) is 5. The fourth-order valence-electron chi connectivity index (χ4n) is 2.37. The summed E-state index contributed by atoms with van der Waals surface area (Å²) in [6.07, 6.45) is 0. The number of rotatable bonds is 6. The number of ketones is 1. The molecule has 7 heteroatoms. The maximum atomic E-state index is 12.4. The number of carbonyl (C=O) groups excluding carboxylic acids is 3. The lowest BCUT2D eigenvalue weighted by molar-refractivity contribution is -0.124. The molecule has 6 nitrogen and oxygen atoms in total. The van der Waals surface area contributed by atoms with Crippen LogP contribution in [0.25, 0.3) is 0 Å². The molecule has 2 rings (SSSR count). The van der Waals surface area contributed by atoms with Crippen LogP contribution in [0.5, 0.6) is 0 Å². The van der Waals surface area contributed by atoms with Crippen LogP contribution in [-0.2, 0) is 16.1 Å². The van der Waals surface area contributed by atoms with Crippen molar-refractivity contribution in [1.82, 2.24) is 9.47 Å². The Morgan fingerprint density at radius 2 is 2.10 bits per heavy atom. The van der Waals surface area contributed by atoms with Crippen LogP contribution in [0.3, 0.4) is 0 Å². The molecular weight excluding hydrogens is 292 g/mol. The van der Waals surface area contributed by atoms with Gasteiger partial charge in [-0.15, -0.1) is 0 Å². The number of hydrogen-bond donors (Lipinski definition) is 0. The Morgan fingerprint density at radius 1 is 1.38 bits per heavy atom. The Morgan fingerprint density at radius 3 is 2.67 bits per heavy atom. The average molecular weight is 310 g/mol. The third-order valence-corrected chi connectivity index (χ3v) is 4.39. The molecule has 0 bridgehead atoms. The summed E-state index contributed by atoms with van der Waals surface area (Å²) in [6, 6.07) is 1.80. The van der Waals surface area contributed by atoms with Gasteiger partial charge in [-0.05, 0) is 19.9 Å². The lowest BCUT2D eigenvalue weighted by Crippen LogP contribution is -2.34. The number of Topliss-reactive ketones (excluding diaryl/α,β-unsaturated/α-hetero) is 1. The van der Waals surface area contributed by atoms with Gasteiger partial charge in [0, 0.05) is 30.6 Å². The summed E-state index contributed by atoms with van der Waals surface area (Å²) >= 11 is 0.938. The molecule has 1 fully saturated rings. The van der Waals surface area contributed by atoms with Crippen LogP contribution in [-0.4, -0.2) is 52.4 Å². The molecule has 2 heterocycles. The Hall–Kier alpha value is -1.60. The van der Waals surface area contributed by atoms with Crippen LogP contribution in [0, 0.1) is 13.8 Å². The zero-order valence-electron chi connectivity index (χ0n) is 12.3. The second-order valence-electron chi connectivity index (χ2n) is 4.89. The molecule has 0 N–H and O–H groups in total. The van der Waals surface area contributed by atoms with Gasteiger partial charge >= 0.3 is 0 Å². The van der Waals surface area contributed by atoms with Gasteiger partial charge in [0.25, 0.3) is 5.24 Å². The Balaban J connectivity index is 2.16. The first-order chi connectivity index (χ1) is 9.95. The molecule has 2 amide bonds. The number of imide groups is 1. The highest BCUT2D eigenvalue weighted by Crippen LogP contribution is 2.21. The first-order valence-corrected chi connectivity index (χ1v) is 7.60. The zero-order valence-corrected chi connectivity index (χ0v) is 13.2. The van der Waals surface area contributed by atoms with E-state index in [9.17, 15) is 14.4 Å². The van der Waals surface area contributed by atoms with E-state index in [2.05, 4.69) is 0 Å².